The number of hydrogen-bond donors (Lipinski definition) is 0. The first-order chi connectivity index (χ1) is 9.24. The monoisotopic (exact) mass is 258 g/mol. The molecule has 0 saturated heterocycles. The van der Waals surface area contributed by atoms with Gasteiger partial charge in [-0.3, -0.25) is 4.79 Å². The van der Waals surface area contributed by atoms with Crippen molar-refractivity contribution < 1.29 is 9.63 Å². The molecule has 1 atom stereocenters. The van der Waals surface area contributed by atoms with E-state index in [1.54, 1.807) is 4.90 Å². The van der Waals surface area contributed by atoms with Crippen LogP contribution in [-0.4, -0.2) is 36.2 Å². The van der Waals surface area contributed by atoms with Gasteiger partial charge in [-0.2, -0.15) is 0 Å². The van der Waals surface area contributed by atoms with Gasteiger partial charge in [-0.05, 0) is 18.4 Å². The highest BCUT2D eigenvalue weighted by Crippen LogP contribution is 2.31. The molecule has 1 aromatic rings. The fourth-order valence-electron chi connectivity index (χ4n) is 2.36. The van der Waals surface area contributed by atoms with Crippen LogP contribution in [-0.2, 0) is 9.63 Å². The van der Waals surface area contributed by atoms with Crippen LogP contribution >= 0.6 is 0 Å². The molecule has 0 aromatic heterocycles. The van der Waals surface area contributed by atoms with E-state index >= 15 is 0 Å². The molecular weight excluding hydrogens is 240 g/mol. The van der Waals surface area contributed by atoms with Crippen LogP contribution in [0.15, 0.2) is 35.5 Å². The van der Waals surface area contributed by atoms with E-state index in [9.17, 15) is 4.79 Å². The molecule has 1 fully saturated rings. The van der Waals surface area contributed by atoms with Gasteiger partial charge < -0.3 is 9.74 Å². The standard InChI is InChI=1S/C15H18N2O2/c1-17(15(18)12-7-8-12)10-13-9-14(16-19-13)11-5-3-2-4-6-11/h2-6,12-13H,7-10H2,1H3. The topological polar surface area (TPSA) is 41.9 Å². The number of carbonyl (C=O) groups excluding carboxylic acids is 1. The van der Waals surface area contributed by atoms with Crippen LogP contribution in [0.1, 0.15) is 24.8 Å². The molecule has 0 N–H and O–H groups in total. The van der Waals surface area contributed by atoms with E-state index in [2.05, 4.69) is 5.16 Å². The molecule has 4 heteroatoms. The fourth-order valence-corrected chi connectivity index (χ4v) is 2.36. The number of benzene rings is 1. The molecule has 3 rings (SSSR count). The quantitative estimate of drug-likeness (QED) is 0.829. The maximum absolute atomic E-state index is 11.9. The Morgan fingerprint density at radius 3 is 2.79 bits per heavy atom. The maximum atomic E-state index is 11.9. The van der Waals surface area contributed by atoms with Gasteiger partial charge >= 0.3 is 0 Å². The van der Waals surface area contributed by atoms with Crippen LogP contribution in [0, 0.1) is 5.92 Å². The minimum Gasteiger partial charge on any atom is -0.390 e. The number of rotatable bonds is 4. The van der Waals surface area contributed by atoms with Gasteiger partial charge in [-0.15, -0.1) is 0 Å². The van der Waals surface area contributed by atoms with E-state index in [0.29, 0.717) is 6.54 Å². The summed E-state index contributed by atoms with van der Waals surface area (Å²) < 4.78 is 0. The predicted molar refractivity (Wildman–Crippen MR) is 72.8 cm³/mol. The van der Waals surface area contributed by atoms with E-state index < -0.39 is 0 Å². The summed E-state index contributed by atoms with van der Waals surface area (Å²) in [6, 6.07) is 10.0. The highest BCUT2D eigenvalue weighted by Gasteiger charge is 2.34. The molecule has 1 unspecified atom stereocenters. The molecule has 0 spiro atoms. The van der Waals surface area contributed by atoms with Gasteiger partial charge in [0.2, 0.25) is 5.91 Å². The number of nitrogens with zero attached hydrogens (tertiary/aromatic N) is 2. The molecule has 19 heavy (non-hydrogen) atoms. The van der Waals surface area contributed by atoms with Crippen molar-refractivity contribution in [3.05, 3.63) is 35.9 Å². The van der Waals surface area contributed by atoms with Gasteiger partial charge in [-0.1, -0.05) is 35.5 Å². The minimum atomic E-state index is -0.0112. The lowest BCUT2D eigenvalue weighted by molar-refractivity contribution is -0.132. The molecular formula is C15H18N2O2. The summed E-state index contributed by atoms with van der Waals surface area (Å²) in [7, 11) is 1.85. The summed E-state index contributed by atoms with van der Waals surface area (Å²) in [5.74, 6) is 0.512. The van der Waals surface area contributed by atoms with Crippen LogP contribution in [0.5, 0.6) is 0 Å². The van der Waals surface area contributed by atoms with Crippen LogP contribution in [0.4, 0.5) is 0 Å². The van der Waals surface area contributed by atoms with Crippen LogP contribution in [0.3, 0.4) is 0 Å². The van der Waals surface area contributed by atoms with E-state index in [1.165, 1.54) is 0 Å². The van der Waals surface area contributed by atoms with Gasteiger partial charge in [0.05, 0.1) is 12.3 Å². The lowest BCUT2D eigenvalue weighted by Crippen LogP contribution is -2.35. The second-order valence-corrected chi connectivity index (χ2v) is 5.33. The average molecular weight is 258 g/mol. The maximum Gasteiger partial charge on any atom is 0.225 e. The Labute approximate surface area is 113 Å². The van der Waals surface area contributed by atoms with Crippen molar-refractivity contribution in [3.8, 4) is 0 Å². The summed E-state index contributed by atoms with van der Waals surface area (Å²) in [5.41, 5.74) is 2.07. The molecule has 2 aliphatic rings. The van der Waals surface area contributed by atoms with E-state index in [0.717, 1.165) is 30.5 Å². The van der Waals surface area contributed by atoms with Crippen LogP contribution < -0.4 is 0 Å². The molecule has 0 bridgehead atoms. The third-order valence-electron chi connectivity index (χ3n) is 3.62. The van der Waals surface area contributed by atoms with E-state index in [1.807, 2.05) is 37.4 Å². The van der Waals surface area contributed by atoms with Gasteiger partial charge in [0, 0.05) is 19.4 Å². The SMILES string of the molecule is CN(CC1CC(c2ccccc2)=NO1)C(=O)C1CC1. The van der Waals surface area contributed by atoms with Gasteiger partial charge in [0.1, 0.15) is 0 Å². The summed E-state index contributed by atoms with van der Waals surface area (Å²) in [6.45, 7) is 0.620. The Balaban J connectivity index is 1.55. The summed E-state index contributed by atoms with van der Waals surface area (Å²) in [4.78, 5) is 19.1. The number of amides is 1. The van der Waals surface area contributed by atoms with Crippen molar-refractivity contribution in [2.75, 3.05) is 13.6 Å². The molecule has 1 amide bonds. The lowest BCUT2D eigenvalue weighted by Gasteiger charge is -2.19. The third-order valence-corrected chi connectivity index (χ3v) is 3.62. The zero-order valence-electron chi connectivity index (χ0n) is 11.1. The minimum absolute atomic E-state index is 0.0112. The predicted octanol–water partition coefficient (Wildman–Crippen LogP) is 2.05. The number of oxime groups is 1. The Hall–Kier alpha value is -1.84. The number of carbonyl (C=O) groups is 1. The number of likely N-dealkylation sites (N-methyl/N-ethyl adjacent to an activating group) is 1. The first-order valence-corrected chi connectivity index (χ1v) is 6.77. The molecule has 1 saturated carbocycles. The fraction of sp³-hybridized carbons (Fsp3) is 0.467. The highest BCUT2D eigenvalue weighted by molar-refractivity contribution is 6.01. The molecule has 1 aliphatic heterocycles. The van der Waals surface area contributed by atoms with Crippen molar-refractivity contribution in [1.29, 1.82) is 0 Å². The Kier molecular flexibility index (Phi) is 3.23. The molecule has 1 heterocycles. The second kappa shape index (κ2) is 5.03. The normalized spacial score (nSPS) is 21.7. The first-order valence-electron chi connectivity index (χ1n) is 6.77. The zero-order valence-corrected chi connectivity index (χ0v) is 11.1. The van der Waals surface area contributed by atoms with Gasteiger partial charge in [-0.25, -0.2) is 0 Å². The molecule has 1 aliphatic carbocycles. The summed E-state index contributed by atoms with van der Waals surface area (Å²) in [5, 5.41) is 4.14. The number of hydrogen-bond acceptors (Lipinski definition) is 3. The smallest absolute Gasteiger partial charge is 0.225 e. The Morgan fingerprint density at radius 1 is 1.37 bits per heavy atom. The Bertz CT molecular complexity index is 494. The van der Waals surface area contributed by atoms with E-state index in [4.69, 9.17) is 4.84 Å². The molecule has 1 aromatic carbocycles. The molecule has 4 nitrogen and oxygen atoms in total. The molecule has 0 radical (unpaired) electrons. The van der Waals surface area contributed by atoms with Crippen molar-refractivity contribution >= 4 is 11.6 Å². The van der Waals surface area contributed by atoms with Crippen molar-refractivity contribution in [2.24, 2.45) is 11.1 Å². The molecule has 100 valence electrons. The van der Waals surface area contributed by atoms with Crippen molar-refractivity contribution in [2.45, 2.75) is 25.4 Å². The average Bonchev–Trinajstić information content (AvgIpc) is 3.19. The first kappa shape index (κ1) is 12.2. The summed E-state index contributed by atoms with van der Waals surface area (Å²) >= 11 is 0. The van der Waals surface area contributed by atoms with Crippen LogP contribution in [0.25, 0.3) is 0 Å². The zero-order chi connectivity index (χ0) is 13.2. The van der Waals surface area contributed by atoms with Gasteiger partial charge in [0.25, 0.3) is 0 Å². The van der Waals surface area contributed by atoms with Crippen molar-refractivity contribution in [1.82, 2.24) is 4.90 Å². The van der Waals surface area contributed by atoms with E-state index in [-0.39, 0.29) is 17.9 Å². The third kappa shape index (κ3) is 2.78. The van der Waals surface area contributed by atoms with Gasteiger partial charge in [0.15, 0.2) is 6.10 Å². The lowest BCUT2D eigenvalue weighted by atomic mass is 10.0. The van der Waals surface area contributed by atoms with Crippen LogP contribution in [0.2, 0.25) is 0 Å². The van der Waals surface area contributed by atoms with Crippen molar-refractivity contribution in [3.63, 3.8) is 0 Å². The second-order valence-electron chi connectivity index (χ2n) is 5.33. The summed E-state index contributed by atoms with van der Waals surface area (Å²) in [6.07, 6.45) is 2.84. The Morgan fingerprint density at radius 2 is 2.11 bits per heavy atom. The highest BCUT2D eigenvalue weighted by atomic mass is 16.6. The largest absolute Gasteiger partial charge is 0.390 e.